The maximum Gasteiger partial charge on any atom is 0.136 e. The fraction of sp³-hybridized carbons (Fsp3) is 0.800. The number of hydrogen-bond acceptors (Lipinski definition) is 2. The molecule has 8 heavy (non-hydrogen) atoms. The molecule has 0 aromatic heterocycles. The van der Waals surface area contributed by atoms with Crippen LogP contribution in [0.25, 0.3) is 0 Å². The van der Waals surface area contributed by atoms with E-state index >= 15 is 0 Å². The number of rotatable bonds is 2. The zero-order chi connectivity index (χ0) is 6.57. The third kappa shape index (κ3) is 5.27. The van der Waals surface area contributed by atoms with Crippen molar-refractivity contribution in [2.45, 2.75) is 26.9 Å². The van der Waals surface area contributed by atoms with E-state index in [0.717, 1.165) is 0 Å². The average molecular weight is 116 g/mol. The lowest BCUT2D eigenvalue weighted by Gasteiger charge is -2.00. The molecule has 0 saturated heterocycles. The van der Waals surface area contributed by atoms with Crippen molar-refractivity contribution >= 4 is 5.84 Å². The van der Waals surface area contributed by atoms with Crippen LogP contribution in [0.2, 0.25) is 0 Å². The Morgan fingerprint density at radius 3 is 2.25 bits per heavy atom. The van der Waals surface area contributed by atoms with Gasteiger partial charge in [0.1, 0.15) is 11.9 Å². The molecule has 0 radical (unpaired) electrons. The van der Waals surface area contributed by atoms with Gasteiger partial charge in [0.25, 0.3) is 0 Å². The molecular formula is C5H12N2O. The van der Waals surface area contributed by atoms with Crippen molar-refractivity contribution < 1.29 is 4.84 Å². The van der Waals surface area contributed by atoms with Crippen LogP contribution in [0.5, 0.6) is 0 Å². The molecule has 3 nitrogen and oxygen atoms in total. The summed E-state index contributed by atoms with van der Waals surface area (Å²) in [5.41, 5.74) is 5.17. The van der Waals surface area contributed by atoms with E-state index in [1.165, 1.54) is 0 Å². The van der Waals surface area contributed by atoms with Gasteiger partial charge in [-0.25, -0.2) is 0 Å². The lowest BCUT2D eigenvalue weighted by Crippen LogP contribution is -2.08. The Labute approximate surface area is 49.5 Å². The average Bonchev–Trinajstić information content (AvgIpc) is 1.61. The zero-order valence-corrected chi connectivity index (χ0v) is 5.51. The molecule has 0 fully saturated rings. The molecule has 0 unspecified atom stereocenters. The van der Waals surface area contributed by atoms with Gasteiger partial charge in [-0.1, -0.05) is 5.16 Å². The number of nitrogens with zero attached hydrogens (tertiary/aromatic N) is 1. The summed E-state index contributed by atoms with van der Waals surface area (Å²) in [6.45, 7) is 5.47. The van der Waals surface area contributed by atoms with E-state index < -0.39 is 0 Å². The molecule has 0 spiro atoms. The first-order chi connectivity index (χ1) is 3.63. The maximum absolute atomic E-state index is 5.17. The minimum atomic E-state index is 0.119. The third-order valence-corrected chi connectivity index (χ3v) is 0.408. The zero-order valence-electron chi connectivity index (χ0n) is 5.51. The quantitative estimate of drug-likeness (QED) is 0.328. The van der Waals surface area contributed by atoms with Crippen LogP contribution in [-0.4, -0.2) is 11.9 Å². The lowest BCUT2D eigenvalue weighted by atomic mass is 10.5. The van der Waals surface area contributed by atoms with Crippen LogP contribution in [0.15, 0.2) is 5.16 Å². The fourth-order valence-corrected chi connectivity index (χ4v) is 0.189. The monoisotopic (exact) mass is 116 g/mol. The normalized spacial score (nSPS) is 12.2. The van der Waals surface area contributed by atoms with E-state index in [1.807, 2.05) is 13.8 Å². The molecule has 0 heterocycles. The van der Waals surface area contributed by atoms with E-state index in [2.05, 4.69) is 5.16 Å². The van der Waals surface area contributed by atoms with Gasteiger partial charge < -0.3 is 10.6 Å². The predicted molar refractivity (Wildman–Crippen MR) is 33.5 cm³/mol. The topological polar surface area (TPSA) is 47.6 Å². The van der Waals surface area contributed by atoms with Crippen molar-refractivity contribution in [3.05, 3.63) is 0 Å². The smallest absolute Gasteiger partial charge is 0.136 e. The Morgan fingerprint density at radius 1 is 1.62 bits per heavy atom. The molecule has 0 atom stereocenters. The Bertz CT molecular complexity index is 84.4. The summed E-state index contributed by atoms with van der Waals surface area (Å²) in [6, 6.07) is 0. The first kappa shape index (κ1) is 7.27. The summed E-state index contributed by atoms with van der Waals surface area (Å²) in [7, 11) is 0. The van der Waals surface area contributed by atoms with Crippen LogP contribution in [-0.2, 0) is 4.84 Å². The van der Waals surface area contributed by atoms with Gasteiger partial charge in [0.15, 0.2) is 0 Å². The molecule has 0 aliphatic carbocycles. The van der Waals surface area contributed by atoms with Crippen LogP contribution in [0.4, 0.5) is 0 Å². The molecule has 2 N–H and O–H groups in total. The van der Waals surface area contributed by atoms with E-state index in [4.69, 9.17) is 10.6 Å². The van der Waals surface area contributed by atoms with Crippen molar-refractivity contribution in [3.8, 4) is 0 Å². The van der Waals surface area contributed by atoms with Crippen molar-refractivity contribution in [1.29, 1.82) is 0 Å². The summed E-state index contributed by atoms with van der Waals surface area (Å²) < 4.78 is 0. The summed E-state index contributed by atoms with van der Waals surface area (Å²) in [5, 5.41) is 3.52. The van der Waals surface area contributed by atoms with E-state index in [1.54, 1.807) is 6.92 Å². The third-order valence-electron chi connectivity index (χ3n) is 0.408. The minimum Gasteiger partial charge on any atom is -0.392 e. The Balaban J connectivity index is 3.29. The maximum atomic E-state index is 5.17. The second-order valence-corrected chi connectivity index (χ2v) is 1.89. The van der Waals surface area contributed by atoms with Gasteiger partial charge in [-0.15, -0.1) is 0 Å². The summed E-state index contributed by atoms with van der Waals surface area (Å²) in [6.07, 6.45) is 0.119. The summed E-state index contributed by atoms with van der Waals surface area (Å²) in [4.78, 5) is 4.77. The van der Waals surface area contributed by atoms with Crippen molar-refractivity contribution in [3.63, 3.8) is 0 Å². The van der Waals surface area contributed by atoms with Crippen LogP contribution in [0.3, 0.4) is 0 Å². The molecule has 48 valence electrons. The predicted octanol–water partition coefficient (Wildman–Crippen LogP) is 0.703. The second-order valence-electron chi connectivity index (χ2n) is 1.89. The molecule has 0 aliphatic rings. The fourth-order valence-electron chi connectivity index (χ4n) is 0.189. The number of amidine groups is 1. The van der Waals surface area contributed by atoms with Gasteiger partial charge in [0.2, 0.25) is 0 Å². The minimum absolute atomic E-state index is 0.119. The van der Waals surface area contributed by atoms with Crippen molar-refractivity contribution in [1.82, 2.24) is 0 Å². The van der Waals surface area contributed by atoms with E-state index in [-0.39, 0.29) is 6.10 Å². The number of nitrogens with two attached hydrogens (primary N) is 1. The highest BCUT2D eigenvalue weighted by atomic mass is 16.6. The molecule has 0 aliphatic heterocycles. The first-order valence-electron chi connectivity index (χ1n) is 2.59. The Kier molecular flexibility index (Phi) is 2.99. The van der Waals surface area contributed by atoms with Crippen molar-refractivity contribution in [2.24, 2.45) is 10.9 Å². The molecular weight excluding hydrogens is 104 g/mol. The van der Waals surface area contributed by atoms with Crippen molar-refractivity contribution in [2.75, 3.05) is 0 Å². The van der Waals surface area contributed by atoms with Crippen LogP contribution in [0.1, 0.15) is 20.8 Å². The van der Waals surface area contributed by atoms with Crippen LogP contribution < -0.4 is 5.73 Å². The highest BCUT2D eigenvalue weighted by molar-refractivity contribution is 5.76. The molecule has 0 aromatic rings. The molecule has 3 heteroatoms. The van der Waals surface area contributed by atoms with E-state index in [0.29, 0.717) is 5.84 Å². The SMILES string of the molecule is CC(N)=NOC(C)C. The molecule has 0 bridgehead atoms. The molecule has 0 aromatic carbocycles. The first-order valence-corrected chi connectivity index (χ1v) is 2.59. The molecule has 0 amide bonds. The second kappa shape index (κ2) is 3.29. The van der Waals surface area contributed by atoms with Gasteiger partial charge in [-0.2, -0.15) is 0 Å². The van der Waals surface area contributed by atoms with Gasteiger partial charge in [-0.3, -0.25) is 0 Å². The van der Waals surface area contributed by atoms with Gasteiger partial charge >= 0.3 is 0 Å². The largest absolute Gasteiger partial charge is 0.392 e. The van der Waals surface area contributed by atoms with Gasteiger partial charge in [0, 0.05) is 0 Å². The molecule has 0 saturated carbocycles. The Hall–Kier alpha value is -0.730. The lowest BCUT2D eigenvalue weighted by molar-refractivity contribution is 0.0855. The highest BCUT2D eigenvalue weighted by Gasteiger charge is 1.87. The number of oxime groups is 1. The molecule has 0 rings (SSSR count). The van der Waals surface area contributed by atoms with Crippen LogP contribution in [0, 0.1) is 0 Å². The van der Waals surface area contributed by atoms with E-state index in [9.17, 15) is 0 Å². The van der Waals surface area contributed by atoms with Gasteiger partial charge in [-0.05, 0) is 20.8 Å². The number of hydrogen-bond donors (Lipinski definition) is 1. The Morgan fingerprint density at radius 2 is 2.12 bits per heavy atom. The highest BCUT2D eigenvalue weighted by Crippen LogP contribution is 1.86. The van der Waals surface area contributed by atoms with Gasteiger partial charge in [0.05, 0.1) is 0 Å². The summed E-state index contributed by atoms with van der Waals surface area (Å²) >= 11 is 0. The standard InChI is InChI=1S/C5H12N2O/c1-4(2)8-7-5(3)6/h4H,1-3H3,(H2,6,7). The summed E-state index contributed by atoms with van der Waals surface area (Å²) in [5.74, 6) is 0.457. The van der Waals surface area contributed by atoms with Crippen LogP contribution >= 0.6 is 0 Å².